The van der Waals surface area contributed by atoms with Gasteiger partial charge in [0.05, 0.1) is 0 Å². The van der Waals surface area contributed by atoms with E-state index in [2.05, 4.69) is 4.98 Å². The molecule has 0 unspecified atom stereocenters. The first kappa shape index (κ1) is 6.66. The minimum absolute atomic E-state index is 0.0108. The number of anilines is 1. The molecule has 0 aliphatic rings. The van der Waals surface area contributed by atoms with Gasteiger partial charge in [-0.3, -0.25) is 9.78 Å². The van der Waals surface area contributed by atoms with Gasteiger partial charge in [-0.1, -0.05) is 0 Å². The van der Waals surface area contributed by atoms with E-state index in [4.69, 9.17) is 13.7 Å². The second kappa shape index (κ2) is 2.05. The minimum Gasteiger partial charge on any atom is -0.385 e. The van der Waals surface area contributed by atoms with Crippen LogP contribution in [0.4, 0.5) is 5.82 Å². The summed E-state index contributed by atoms with van der Waals surface area (Å²) in [4.78, 5) is 23.3. The Morgan fingerprint density at radius 2 is 2.20 bits per heavy atom. The molecule has 5 nitrogen and oxygen atoms in total. The van der Waals surface area contributed by atoms with Crippen LogP contribution >= 0.6 is 0 Å². The number of hydrogen-bond donors (Lipinski definition) is 2. The third-order valence-electron chi connectivity index (χ3n) is 0.986. The Labute approximate surface area is 56.9 Å². The summed E-state index contributed by atoms with van der Waals surface area (Å²) in [6.07, 6.45) is 0. The quantitative estimate of drug-likeness (QED) is 0.407. The van der Waals surface area contributed by atoms with Gasteiger partial charge in [-0.2, -0.15) is 0 Å². The molecule has 3 N–H and O–H groups in total. The number of nitrogens with two attached hydrogens (primary N) is 1. The van der Waals surface area contributed by atoms with Crippen molar-refractivity contribution in [3.63, 3.8) is 0 Å². The molecule has 0 fully saturated rings. The SMILES string of the molecule is [B]n1c(=O)cc(N)[nH]c1=O. The lowest BCUT2D eigenvalue weighted by Crippen LogP contribution is -2.33. The lowest BCUT2D eigenvalue weighted by molar-refractivity contribution is 0.972. The standard InChI is InChI=1S/C4H4BN3O2/c5-8-3(9)1-2(6)7-4(8)10/h1H,6H2,(H,7,10). The lowest BCUT2D eigenvalue weighted by atomic mass is 10.4. The summed E-state index contributed by atoms with van der Waals surface area (Å²) in [6, 6.07) is 1.03. The van der Waals surface area contributed by atoms with E-state index in [9.17, 15) is 9.59 Å². The molecule has 0 bridgehead atoms. The zero-order chi connectivity index (χ0) is 7.72. The maximum Gasteiger partial charge on any atom is 0.316 e. The average molecular weight is 137 g/mol. The van der Waals surface area contributed by atoms with Crippen molar-refractivity contribution in [3.05, 3.63) is 26.9 Å². The predicted octanol–water partition coefficient (Wildman–Crippen LogP) is -1.95. The molecule has 0 saturated heterocycles. The Morgan fingerprint density at radius 3 is 2.70 bits per heavy atom. The topological polar surface area (TPSA) is 80.9 Å². The van der Waals surface area contributed by atoms with Crippen LogP contribution in [-0.2, 0) is 0 Å². The van der Waals surface area contributed by atoms with Gasteiger partial charge in [-0.15, -0.1) is 0 Å². The van der Waals surface area contributed by atoms with Crippen molar-refractivity contribution in [2.45, 2.75) is 0 Å². The van der Waals surface area contributed by atoms with Gasteiger partial charge < -0.3 is 10.2 Å². The van der Waals surface area contributed by atoms with E-state index in [0.717, 1.165) is 6.07 Å². The van der Waals surface area contributed by atoms with Gasteiger partial charge in [0, 0.05) is 6.07 Å². The predicted molar refractivity (Wildman–Crippen MR) is 36.9 cm³/mol. The van der Waals surface area contributed by atoms with Crippen molar-refractivity contribution >= 4 is 13.8 Å². The molecule has 0 aliphatic carbocycles. The highest BCUT2D eigenvalue weighted by atomic mass is 16.2. The highest BCUT2D eigenvalue weighted by molar-refractivity contribution is 6.06. The van der Waals surface area contributed by atoms with Crippen molar-refractivity contribution in [2.75, 3.05) is 5.73 Å². The first-order valence-electron chi connectivity index (χ1n) is 2.48. The normalized spacial score (nSPS) is 9.60. The van der Waals surface area contributed by atoms with Crippen molar-refractivity contribution < 1.29 is 0 Å². The van der Waals surface area contributed by atoms with Crippen molar-refractivity contribution in [1.29, 1.82) is 0 Å². The second-order valence-electron chi connectivity index (χ2n) is 1.74. The number of aromatic amines is 1. The van der Waals surface area contributed by atoms with Gasteiger partial charge in [0.2, 0.25) is 13.5 Å². The molecule has 1 aromatic heterocycles. The van der Waals surface area contributed by atoms with E-state index in [1.54, 1.807) is 0 Å². The highest BCUT2D eigenvalue weighted by Crippen LogP contribution is 1.79. The van der Waals surface area contributed by atoms with E-state index >= 15 is 0 Å². The molecule has 10 heavy (non-hydrogen) atoms. The third-order valence-corrected chi connectivity index (χ3v) is 0.986. The number of hydrogen-bond acceptors (Lipinski definition) is 3. The van der Waals surface area contributed by atoms with Crippen molar-refractivity contribution in [3.8, 4) is 0 Å². The summed E-state index contributed by atoms with van der Waals surface area (Å²) in [5, 5.41) is 0. The maximum absolute atomic E-state index is 10.6. The largest absolute Gasteiger partial charge is 0.385 e. The number of H-pyrrole nitrogens is 1. The number of nitrogens with zero attached hydrogens (tertiary/aromatic N) is 1. The fourth-order valence-electron chi connectivity index (χ4n) is 0.522. The smallest absolute Gasteiger partial charge is 0.316 e. The molecule has 0 spiro atoms. The zero-order valence-electron chi connectivity index (χ0n) is 5.00. The molecule has 1 aromatic rings. The summed E-state index contributed by atoms with van der Waals surface area (Å²) in [5.74, 6) is 0.0108. The van der Waals surface area contributed by atoms with Gasteiger partial charge in [0.1, 0.15) is 5.82 Å². The fourth-order valence-corrected chi connectivity index (χ4v) is 0.522. The Morgan fingerprint density at radius 1 is 1.60 bits per heavy atom. The average Bonchev–Trinajstić information content (AvgIpc) is 1.82. The van der Waals surface area contributed by atoms with Gasteiger partial charge in [0.25, 0.3) is 0 Å². The van der Waals surface area contributed by atoms with Gasteiger partial charge in [-0.25, -0.2) is 4.79 Å². The summed E-state index contributed by atoms with van der Waals surface area (Å²) in [6.45, 7) is 0. The Kier molecular flexibility index (Phi) is 1.37. The molecule has 0 saturated carbocycles. The molecular formula is C4H4BN3O2. The second-order valence-corrected chi connectivity index (χ2v) is 1.74. The Hall–Kier alpha value is -1.46. The molecule has 0 atom stereocenters. The van der Waals surface area contributed by atoms with Crippen LogP contribution in [0.5, 0.6) is 0 Å². The van der Waals surface area contributed by atoms with Crippen LogP contribution in [0.15, 0.2) is 15.7 Å². The highest BCUT2D eigenvalue weighted by Gasteiger charge is 1.94. The van der Waals surface area contributed by atoms with E-state index in [1.807, 2.05) is 0 Å². The van der Waals surface area contributed by atoms with Crippen LogP contribution in [-0.4, -0.2) is 17.4 Å². The molecule has 1 rings (SSSR count). The summed E-state index contributed by atoms with van der Waals surface area (Å²) in [5.41, 5.74) is 3.76. The molecule has 2 radical (unpaired) electrons. The Balaban J connectivity index is 3.62. The first-order valence-corrected chi connectivity index (χ1v) is 2.48. The molecule has 50 valence electrons. The first-order chi connectivity index (χ1) is 4.61. The van der Waals surface area contributed by atoms with Gasteiger partial charge in [0.15, 0.2) is 0 Å². The molecule has 1 heterocycles. The number of aromatic nitrogens is 2. The van der Waals surface area contributed by atoms with Crippen LogP contribution in [0.2, 0.25) is 0 Å². The number of nitrogens with one attached hydrogen (secondary N) is 1. The van der Waals surface area contributed by atoms with E-state index in [0.29, 0.717) is 4.48 Å². The van der Waals surface area contributed by atoms with Gasteiger partial charge in [-0.05, 0) is 0 Å². The fraction of sp³-hybridized carbons (Fsp3) is 0. The van der Waals surface area contributed by atoms with Crippen LogP contribution in [0, 0.1) is 0 Å². The monoisotopic (exact) mass is 137 g/mol. The van der Waals surface area contributed by atoms with Crippen molar-refractivity contribution in [1.82, 2.24) is 9.46 Å². The molecule has 0 amide bonds. The Bertz CT molecular complexity index is 321. The number of rotatable bonds is 0. The third kappa shape index (κ3) is 0.951. The maximum atomic E-state index is 10.6. The summed E-state index contributed by atoms with van der Waals surface area (Å²) < 4.78 is 0.441. The van der Waals surface area contributed by atoms with Crippen LogP contribution in [0.25, 0.3) is 0 Å². The van der Waals surface area contributed by atoms with Crippen LogP contribution in [0.1, 0.15) is 0 Å². The number of nitrogen functional groups attached to an aromatic ring is 1. The molecular weight excluding hydrogens is 133 g/mol. The molecule has 6 heteroatoms. The lowest BCUT2D eigenvalue weighted by Gasteiger charge is -1.94. The van der Waals surface area contributed by atoms with E-state index < -0.39 is 11.2 Å². The van der Waals surface area contributed by atoms with Crippen LogP contribution < -0.4 is 17.0 Å². The van der Waals surface area contributed by atoms with Crippen molar-refractivity contribution in [2.24, 2.45) is 0 Å². The summed E-state index contributed by atoms with van der Waals surface area (Å²) in [7, 11) is 4.96. The molecule has 0 aliphatic heterocycles. The summed E-state index contributed by atoms with van der Waals surface area (Å²) >= 11 is 0. The minimum atomic E-state index is -0.718. The van der Waals surface area contributed by atoms with Crippen LogP contribution in [0.3, 0.4) is 0 Å². The van der Waals surface area contributed by atoms with E-state index in [1.165, 1.54) is 0 Å². The zero-order valence-corrected chi connectivity index (χ0v) is 5.00. The van der Waals surface area contributed by atoms with E-state index in [-0.39, 0.29) is 5.82 Å². The molecule has 0 aromatic carbocycles. The van der Waals surface area contributed by atoms with Gasteiger partial charge >= 0.3 is 5.69 Å².